The normalized spacial score (nSPS) is 14.1. The monoisotopic (exact) mass is 489 g/mol. The lowest BCUT2D eigenvalue weighted by Crippen LogP contribution is -2.60. The van der Waals surface area contributed by atoms with Crippen LogP contribution in [0.2, 0.25) is 0 Å². The van der Waals surface area contributed by atoms with E-state index in [1.54, 1.807) is 0 Å². The summed E-state index contributed by atoms with van der Waals surface area (Å²) in [5.74, 6) is -0.586. The van der Waals surface area contributed by atoms with Gasteiger partial charge in [-0.1, -0.05) is 61.2 Å². The average molecular weight is 490 g/mol. The number of nitrogens with one attached hydrogen (secondary N) is 2. The van der Waals surface area contributed by atoms with Crippen molar-refractivity contribution in [3.05, 3.63) is 103 Å². The van der Waals surface area contributed by atoms with Gasteiger partial charge in [0.2, 0.25) is 15.9 Å². The van der Waals surface area contributed by atoms with Gasteiger partial charge in [0.15, 0.2) is 0 Å². The molecule has 0 aliphatic carbocycles. The minimum atomic E-state index is -3.67. The van der Waals surface area contributed by atoms with Gasteiger partial charge in [-0.05, 0) is 53.5 Å². The van der Waals surface area contributed by atoms with Crippen LogP contribution in [0.4, 0.5) is 0 Å². The highest BCUT2D eigenvalue weighted by atomic mass is 32.2. The van der Waals surface area contributed by atoms with Crippen molar-refractivity contribution in [3.8, 4) is 11.1 Å². The van der Waals surface area contributed by atoms with E-state index in [0.29, 0.717) is 18.5 Å². The van der Waals surface area contributed by atoms with E-state index >= 15 is 0 Å². The number of sulfonamides is 1. The first-order valence-corrected chi connectivity index (χ1v) is 12.8. The Bertz CT molecular complexity index is 1300. The van der Waals surface area contributed by atoms with Gasteiger partial charge in [0.25, 0.3) is 5.91 Å². The van der Waals surface area contributed by atoms with Gasteiger partial charge < -0.3 is 10.6 Å². The molecule has 0 aromatic heterocycles. The highest BCUT2D eigenvalue weighted by Gasteiger charge is 2.37. The van der Waals surface area contributed by atoms with Gasteiger partial charge in [-0.25, -0.2) is 8.42 Å². The summed E-state index contributed by atoms with van der Waals surface area (Å²) in [6, 6.07) is 24.0. The third kappa shape index (κ3) is 5.85. The van der Waals surface area contributed by atoms with E-state index < -0.39 is 10.0 Å². The van der Waals surface area contributed by atoms with Crippen LogP contribution in [0, 0.1) is 0 Å². The van der Waals surface area contributed by atoms with Crippen molar-refractivity contribution in [3.63, 3.8) is 0 Å². The lowest BCUT2D eigenvalue weighted by atomic mass is 10.0. The zero-order valence-corrected chi connectivity index (χ0v) is 20.0. The predicted octanol–water partition coefficient (Wildman–Crippen LogP) is 3.00. The molecular formula is C27H27N3O4S. The maximum atomic E-state index is 12.7. The number of hydrogen-bond donors (Lipinski definition) is 2. The van der Waals surface area contributed by atoms with E-state index in [1.165, 1.54) is 28.6 Å². The number of amides is 2. The van der Waals surface area contributed by atoms with Gasteiger partial charge in [-0.15, -0.1) is 0 Å². The molecule has 4 rings (SSSR count). The smallest absolute Gasteiger partial charge is 0.251 e. The maximum Gasteiger partial charge on any atom is 0.251 e. The summed E-state index contributed by atoms with van der Waals surface area (Å²) in [5.41, 5.74) is 3.81. The average Bonchev–Trinajstić information content (AvgIpc) is 2.86. The van der Waals surface area contributed by atoms with E-state index in [1.807, 2.05) is 18.2 Å². The Morgan fingerprint density at radius 1 is 0.914 bits per heavy atom. The Morgan fingerprint density at radius 2 is 1.54 bits per heavy atom. The molecule has 2 amide bonds. The molecule has 0 saturated carbocycles. The fourth-order valence-electron chi connectivity index (χ4n) is 3.83. The van der Waals surface area contributed by atoms with Crippen LogP contribution in [0.1, 0.15) is 15.9 Å². The van der Waals surface area contributed by atoms with E-state index in [-0.39, 0.29) is 35.8 Å². The molecule has 0 radical (unpaired) electrons. The number of carbonyl (C=O) groups is 2. The van der Waals surface area contributed by atoms with Crippen LogP contribution in [-0.2, 0) is 21.2 Å². The van der Waals surface area contributed by atoms with Crippen LogP contribution < -0.4 is 10.6 Å². The largest absolute Gasteiger partial charge is 0.352 e. The predicted molar refractivity (Wildman–Crippen MR) is 135 cm³/mol. The van der Waals surface area contributed by atoms with Crippen molar-refractivity contribution >= 4 is 21.8 Å². The second kappa shape index (κ2) is 10.7. The Labute approximate surface area is 205 Å². The number of carbonyl (C=O) groups excluding carboxylic acids is 2. The van der Waals surface area contributed by atoms with Crippen molar-refractivity contribution < 1.29 is 18.0 Å². The summed E-state index contributed by atoms with van der Waals surface area (Å²) in [7, 11) is -3.67. The van der Waals surface area contributed by atoms with Crippen molar-refractivity contribution in [2.45, 2.75) is 17.4 Å². The van der Waals surface area contributed by atoms with Crippen LogP contribution in [0.3, 0.4) is 0 Å². The Morgan fingerprint density at radius 3 is 2.17 bits per heavy atom. The van der Waals surface area contributed by atoms with Crippen LogP contribution in [-0.4, -0.2) is 50.2 Å². The quantitative estimate of drug-likeness (QED) is 0.452. The Hall–Kier alpha value is -3.75. The summed E-state index contributed by atoms with van der Waals surface area (Å²) < 4.78 is 26.8. The van der Waals surface area contributed by atoms with Crippen LogP contribution in [0.5, 0.6) is 0 Å². The van der Waals surface area contributed by atoms with Crippen LogP contribution in [0.15, 0.2) is 96.4 Å². The van der Waals surface area contributed by atoms with Crippen molar-refractivity contribution in [2.24, 2.45) is 0 Å². The van der Waals surface area contributed by atoms with Crippen molar-refractivity contribution in [1.29, 1.82) is 0 Å². The number of rotatable bonds is 9. The second-order valence-corrected chi connectivity index (χ2v) is 10.3. The second-order valence-electron chi connectivity index (χ2n) is 8.32. The molecule has 1 aliphatic rings. The highest BCUT2D eigenvalue weighted by molar-refractivity contribution is 7.89. The van der Waals surface area contributed by atoms with E-state index in [4.69, 9.17) is 0 Å². The van der Waals surface area contributed by atoms with Gasteiger partial charge in [0, 0.05) is 25.2 Å². The third-order valence-electron chi connectivity index (χ3n) is 5.89. The number of benzene rings is 3. The van der Waals surface area contributed by atoms with E-state index in [9.17, 15) is 18.0 Å². The van der Waals surface area contributed by atoms with Crippen LogP contribution >= 0.6 is 0 Å². The van der Waals surface area contributed by atoms with Crippen molar-refractivity contribution in [2.75, 3.05) is 19.6 Å². The first-order valence-electron chi connectivity index (χ1n) is 11.3. The standard InChI is InChI=1S/C27H27N3O4S/c1-2-26(31)29-24-18-30(19-24)35(33,34)25-14-12-23(13-15-25)27(32)28-17-16-20-8-10-22(11-9-20)21-6-4-3-5-7-21/h2-15,24H,1,16-19H2,(H,28,32)(H,29,31). The molecule has 3 aromatic carbocycles. The fraction of sp³-hybridized carbons (Fsp3) is 0.185. The minimum Gasteiger partial charge on any atom is -0.352 e. The molecule has 180 valence electrons. The Kier molecular flexibility index (Phi) is 7.43. The molecule has 8 heteroatoms. The zero-order chi connectivity index (χ0) is 24.8. The summed E-state index contributed by atoms with van der Waals surface area (Å²) >= 11 is 0. The highest BCUT2D eigenvalue weighted by Crippen LogP contribution is 2.22. The number of nitrogens with zero attached hydrogens (tertiary/aromatic N) is 1. The summed E-state index contributed by atoms with van der Waals surface area (Å²) in [6.07, 6.45) is 1.84. The zero-order valence-electron chi connectivity index (χ0n) is 19.2. The first-order chi connectivity index (χ1) is 16.9. The molecule has 1 heterocycles. The molecule has 0 bridgehead atoms. The lowest BCUT2D eigenvalue weighted by molar-refractivity contribution is -0.117. The molecule has 0 unspecified atom stereocenters. The molecule has 1 saturated heterocycles. The van der Waals surface area contributed by atoms with Gasteiger partial charge in [0.05, 0.1) is 10.9 Å². The molecule has 7 nitrogen and oxygen atoms in total. The fourth-order valence-corrected chi connectivity index (χ4v) is 5.36. The third-order valence-corrected chi connectivity index (χ3v) is 7.74. The minimum absolute atomic E-state index is 0.112. The summed E-state index contributed by atoms with van der Waals surface area (Å²) in [4.78, 5) is 23.9. The van der Waals surface area contributed by atoms with E-state index in [0.717, 1.165) is 22.8 Å². The first kappa shape index (κ1) is 24.4. The Balaban J connectivity index is 1.27. The van der Waals surface area contributed by atoms with Gasteiger partial charge in [-0.2, -0.15) is 4.31 Å². The molecule has 0 atom stereocenters. The maximum absolute atomic E-state index is 12.7. The van der Waals surface area contributed by atoms with Gasteiger partial charge in [-0.3, -0.25) is 9.59 Å². The molecule has 1 fully saturated rings. The molecular weight excluding hydrogens is 462 g/mol. The topological polar surface area (TPSA) is 95.6 Å². The summed E-state index contributed by atoms with van der Waals surface area (Å²) in [5, 5.41) is 5.55. The van der Waals surface area contributed by atoms with E-state index in [2.05, 4.69) is 53.6 Å². The van der Waals surface area contributed by atoms with Crippen LogP contribution in [0.25, 0.3) is 11.1 Å². The molecule has 3 aromatic rings. The molecule has 1 aliphatic heterocycles. The lowest BCUT2D eigenvalue weighted by Gasteiger charge is -2.38. The van der Waals surface area contributed by atoms with Gasteiger partial charge in [0.1, 0.15) is 0 Å². The van der Waals surface area contributed by atoms with Crippen molar-refractivity contribution in [1.82, 2.24) is 14.9 Å². The SMILES string of the molecule is C=CC(=O)NC1CN(S(=O)(=O)c2ccc(C(=O)NCCc3ccc(-c4ccccc4)cc3)cc2)C1. The molecule has 0 spiro atoms. The number of hydrogen-bond acceptors (Lipinski definition) is 4. The molecule has 35 heavy (non-hydrogen) atoms. The van der Waals surface area contributed by atoms with Gasteiger partial charge >= 0.3 is 0 Å². The summed E-state index contributed by atoms with van der Waals surface area (Å²) in [6.45, 7) is 4.26. The molecule has 2 N–H and O–H groups in total.